The standard InChI is InChI=1S/C11H21NO2/c1-2-9-7-11(13,5-6-14-9)10(8-12)3-4-10/h9,13H,2-8,12H2,1H3. The van der Waals surface area contributed by atoms with E-state index in [0.29, 0.717) is 13.2 Å². The van der Waals surface area contributed by atoms with E-state index < -0.39 is 5.60 Å². The Bertz CT molecular complexity index is 215. The summed E-state index contributed by atoms with van der Waals surface area (Å²) >= 11 is 0. The number of nitrogens with two attached hydrogens (primary N) is 1. The summed E-state index contributed by atoms with van der Waals surface area (Å²) in [5, 5.41) is 10.6. The zero-order chi connectivity index (χ0) is 10.2. The summed E-state index contributed by atoms with van der Waals surface area (Å²) in [6, 6.07) is 0. The van der Waals surface area contributed by atoms with Gasteiger partial charge in [-0.15, -0.1) is 0 Å². The van der Waals surface area contributed by atoms with Crippen LogP contribution in [0.5, 0.6) is 0 Å². The largest absolute Gasteiger partial charge is 0.389 e. The normalized spacial score (nSPS) is 40.9. The molecule has 0 aromatic rings. The Labute approximate surface area is 85.6 Å². The van der Waals surface area contributed by atoms with Gasteiger partial charge in [0.25, 0.3) is 0 Å². The van der Waals surface area contributed by atoms with Gasteiger partial charge < -0.3 is 15.6 Å². The van der Waals surface area contributed by atoms with Gasteiger partial charge in [-0.05, 0) is 19.3 Å². The summed E-state index contributed by atoms with van der Waals surface area (Å²) in [6.07, 6.45) is 4.95. The molecule has 1 saturated carbocycles. The predicted octanol–water partition coefficient (Wildman–Crippen LogP) is 1.05. The molecule has 3 N–H and O–H groups in total. The van der Waals surface area contributed by atoms with Crippen molar-refractivity contribution in [1.29, 1.82) is 0 Å². The second kappa shape index (κ2) is 3.47. The molecule has 1 heterocycles. The van der Waals surface area contributed by atoms with Crippen LogP contribution in [0.1, 0.15) is 39.0 Å². The van der Waals surface area contributed by atoms with Crippen LogP contribution in [0.3, 0.4) is 0 Å². The molecule has 0 radical (unpaired) electrons. The second-order valence-corrected chi connectivity index (χ2v) is 4.87. The highest BCUT2D eigenvalue weighted by atomic mass is 16.5. The first kappa shape index (κ1) is 10.4. The number of aliphatic hydroxyl groups is 1. The van der Waals surface area contributed by atoms with Crippen molar-refractivity contribution in [1.82, 2.24) is 0 Å². The van der Waals surface area contributed by atoms with E-state index in [1.807, 2.05) is 0 Å². The zero-order valence-corrected chi connectivity index (χ0v) is 8.96. The average molecular weight is 199 g/mol. The maximum absolute atomic E-state index is 10.6. The van der Waals surface area contributed by atoms with Gasteiger partial charge in [0.15, 0.2) is 0 Å². The predicted molar refractivity (Wildman–Crippen MR) is 54.9 cm³/mol. The Morgan fingerprint density at radius 2 is 2.14 bits per heavy atom. The summed E-state index contributed by atoms with van der Waals surface area (Å²) in [5.41, 5.74) is 5.26. The van der Waals surface area contributed by atoms with E-state index in [-0.39, 0.29) is 11.5 Å². The Morgan fingerprint density at radius 3 is 2.64 bits per heavy atom. The fourth-order valence-corrected chi connectivity index (χ4v) is 2.69. The van der Waals surface area contributed by atoms with E-state index in [4.69, 9.17) is 10.5 Å². The topological polar surface area (TPSA) is 55.5 Å². The van der Waals surface area contributed by atoms with Gasteiger partial charge in [0.2, 0.25) is 0 Å². The average Bonchev–Trinajstić information content (AvgIpc) is 2.98. The van der Waals surface area contributed by atoms with Crippen LogP contribution >= 0.6 is 0 Å². The molecule has 2 unspecified atom stereocenters. The summed E-state index contributed by atoms with van der Waals surface area (Å²) < 4.78 is 5.59. The van der Waals surface area contributed by atoms with Crippen LogP contribution < -0.4 is 5.73 Å². The van der Waals surface area contributed by atoms with E-state index in [2.05, 4.69) is 6.92 Å². The highest BCUT2D eigenvalue weighted by molar-refractivity contribution is 5.10. The summed E-state index contributed by atoms with van der Waals surface area (Å²) in [7, 11) is 0. The first-order chi connectivity index (χ1) is 6.66. The molecule has 0 spiro atoms. The van der Waals surface area contributed by atoms with Crippen LogP contribution in [0.15, 0.2) is 0 Å². The third-order valence-corrected chi connectivity index (χ3v) is 4.12. The molecule has 2 atom stereocenters. The number of hydrogen-bond donors (Lipinski definition) is 2. The van der Waals surface area contributed by atoms with Crippen LogP contribution in [-0.2, 0) is 4.74 Å². The first-order valence-corrected chi connectivity index (χ1v) is 5.70. The minimum atomic E-state index is -0.541. The number of hydrogen-bond acceptors (Lipinski definition) is 3. The molecular formula is C11H21NO2. The second-order valence-electron chi connectivity index (χ2n) is 4.87. The van der Waals surface area contributed by atoms with Gasteiger partial charge in [-0.1, -0.05) is 6.92 Å². The highest BCUT2D eigenvalue weighted by Crippen LogP contribution is 2.57. The first-order valence-electron chi connectivity index (χ1n) is 5.70. The van der Waals surface area contributed by atoms with Crippen molar-refractivity contribution in [2.75, 3.05) is 13.2 Å². The van der Waals surface area contributed by atoms with Crippen LogP contribution in [0.4, 0.5) is 0 Å². The van der Waals surface area contributed by atoms with E-state index >= 15 is 0 Å². The van der Waals surface area contributed by atoms with Crippen molar-refractivity contribution in [2.45, 2.75) is 50.7 Å². The number of rotatable bonds is 3. The smallest absolute Gasteiger partial charge is 0.0762 e. The quantitative estimate of drug-likeness (QED) is 0.714. The number of ether oxygens (including phenoxy) is 1. The minimum absolute atomic E-state index is 0.0319. The van der Waals surface area contributed by atoms with Crippen molar-refractivity contribution >= 4 is 0 Å². The highest BCUT2D eigenvalue weighted by Gasteiger charge is 2.58. The van der Waals surface area contributed by atoms with Crippen LogP contribution in [-0.4, -0.2) is 30.0 Å². The lowest BCUT2D eigenvalue weighted by molar-refractivity contribution is -0.138. The molecule has 3 heteroatoms. The maximum Gasteiger partial charge on any atom is 0.0762 e. The fraction of sp³-hybridized carbons (Fsp3) is 1.00. The van der Waals surface area contributed by atoms with Gasteiger partial charge in [0.1, 0.15) is 0 Å². The van der Waals surface area contributed by atoms with E-state index in [0.717, 1.165) is 32.1 Å². The van der Waals surface area contributed by atoms with E-state index in [9.17, 15) is 5.11 Å². The van der Waals surface area contributed by atoms with Gasteiger partial charge in [0.05, 0.1) is 11.7 Å². The van der Waals surface area contributed by atoms with Crippen LogP contribution in [0.2, 0.25) is 0 Å². The maximum atomic E-state index is 10.6. The molecule has 0 aromatic heterocycles. The lowest BCUT2D eigenvalue weighted by Gasteiger charge is -2.42. The lowest BCUT2D eigenvalue weighted by Crippen LogP contribution is -2.50. The fourth-order valence-electron chi connectivity index (χ4n) is 2.69. The van der Waals surface area contributed by atoms with Crippen molar-refractivity contribution in [2.24, 2.45) is 11.1 Å². The molecule has 0 bridgehead atoms. The molecule has 82 valence electrons. The van der Waals surface area contributed by atoms with Crippen LogP contribution in [0.25, 0.3) is 0 Å². The van der Waals surface area contributed by atoms with Gasteiger partial charge >= 0.3 is 0 Å². The molecule has 2 rings (SSSR count). The lowest BCUT2D eigenvalue weighted by atomic mass is 9.76. The van der Waals surface area contributed by atoms with Crippen molar-refractivity contribution in [3.8, 4) is 0 Å². The van der Waals surface area contributed by atoms with E-state index in [1.54, 1.807) is 0 Å². The summed E-state index contributed by atoms with van der Waals surface area (Å²) in [5.74, 6) is 0. The minimum Gasteiger partial charge on any atom is -0.389 e. The SMILES string of the molecule is CCC1CC(O)(C2(CN)CC2)CCO1. The Balaban J connectivity index is 2.07. The van der Waals surface area contributed by atoms with Gasteiger partial charge in [0, 0.05) is 31.4 Å². The van der Waals surface area contributed by atoms with E-state index in [1.165, 1.54) is 0 Å². The third kappa shape index (κ3) is 1.47. The summed E-state index contributed by atoms with van der Waals surface area (Å²) in [4.78, 5) is 0. The van der Waals surface area contributed by atoms with Gasteiger partial charge in [-0.25, -0.2) is 0 Å². The van der Waals surface area contributed by atoms with Crippen molar-refractivity contribution in [3.05, 3.63) is 0 Å². The molecule has 1 aliphatic heterocycles. The Hall–Kier alpha value is -0.120. The summed E-state index contributed by atoms with van der Waals surface area (Å²) in [6.45, 7) is 3.43. The van der Waals surface area contributed by atoms with Crippen molar-refractivity contribution < 1.29 is 9.84 Å². The van der Waals surface area contributed by atoms with Crippen molar-refractivity contribution in [3.63, 3.8) is 0 Å². The molecule has 0 aromatic carbocycles. The van der Waals surface area contributed by atoms with Crippen LogP contribution in [0, 0.1) is 5.41 Å². The van der Waals surface area contributed by atoms with Gasteiger partial charge in [-0.3, -0.25) is 0 Å². The monoisotopic (exact) mass is 199 g/mol. The molecule has 14 heavy (non-hydrogen) atoms. The van der Waals surface area contributed by atoms with Gasteiger partial charge in [-0.2, -0.15) is 0 Å². The molecule has 1 saturated heterocycles. The molecule has 2 fully saturated rings. The third-order valence-electron chi connectivity index (χ3n) is 4.12. The molecule has 2 aliphatic rings. The molecular weight excluding hydrogens is 178 g/mol. The Kier molecular flexibility index (Phi) is 2.58. The molecule has 0 amide bonds. The zero-order valence-electron chi connectivity index (χ0n) is 8.96. The molecule has 3 nitrogen and oxygen atoms in total. The Morgan fingerprint density at radius 1 is 1.43 bits per heavy atom. The molecule has 1 aliphatic carbocycles.